The van der Waals surface area contributed by atoms with Crippen LogP contribution in [0.15, 0.2) is 23.4 Å². The number of aliphatic carboxylic acids is 1. The number of hydrogen-bond donors (Lipinski definition) is 1. The minimum atomic E-state index is -0.797. The van der Waals surface area contributed by atoms with E-state index in [1.165, 1.54) is 43.0 Å². The van der Waals surface area contributed by atoms with E-state index >= 15 is 0 Å². The predicted octanol–water partition coefficient (Wildman–Crippen LogP) is 3.71. The van der Waals surface area contributed by atoms with Crippen LogP contribution in [0, 0.1) is 12.8 Å². The maximum atomic E-state index is 10.8. The Hall–Kier alpha value is -1.49. The lowest BCUT2D eigenvalue weighted by Crippen LogP contribution is -2.14. The molecule has 1 aliphatic carbocycles. The van der Waals surface area contributed by atoms with Gasteiger partial charge in [-0.1, -0.05) is 37.1 Å². The standard InChI is InChI=1S/C16H20N2O2S/c1-11-5-6-14-13(9-11)17-16(21-10-15(19)20)18(14)8-7-12-3-2-4-12/h5-6,9,12H,2-4,7-8,10H2,1H3,(H,19,20). The van der Waals surface area contributed by atoms with Gasteiger partial charge in [-0.15, -0.1) is 0 Å². The first kappa shape index (κ1) is 14.4. The molecule has 0 radical (unpaired) electrons. The highest BCUT2D eigenvalue weighted by Crippen LogP contribution is 2.32. The van der Waals surface area contributed by atoms with Gasteiger partial charge < -0.3 is 9.67 Å². The minimum absolute atomic E-state index is 0.0612. The van der Waals surface area contributed by atoms with Crippen molar-refractivity contribution in [2.75, 3.05) is 5.75 Å². The molecular formula is C16H20N2O2S. The topological polar surface area (TPSA) is 55.1 Å². The molecule has 1 aromatic heterocycles. The van der Waals surface area contributed by atoms with Gasteiger partial charge in [0.15, 0.2) is 5.16 Å². The number of thioether (sulfide) groups is 1. The molecule has 1 aliphatic rings. The van der Waals surface area contributed by atoms with Crippen LogP contribution in [-0.4, -0.2) is 26.4 Å². The van der Waals surface area contributed by atoms with Crippen molar-refractivity contribution in [2.24, 2.45) is 5.92 Å². The molecule has 5 heteroatoms. The zero-order valence-corrected chi connectivity index (χ0v) is 13.0. The molecule has 1 N–H and O–H groups in total. The summed E-state index contributed by atoms with van der Waals surface area (Å²) in [5.74, 6) is 0.102. The number of rotatable bonds is 6. The van der Waals surface area contributed by atoms with E-state index in [4.69, 9.17) is 5.11 Å². The van der Waals surface area contributed by atoms with Crippen molar-refractivity contribution in [3.05, 3.63) is 23.8 Å². The number of carboxylic acid groups (broad SMARTS) is 1. The predicted molar refractivity (Wildman–Crippen MR) is 84.8 cm³/mol. The number of imidazole rings is 1. The van der Waals surface area contributed by atoms with Gasteiger partial charge in [0.1, 0.15) is 0 Å². The van der Waals surface area contributed by atoms with Gasteiger partial charge in [-0.25, -0.2) is 4.98 Å². The first-order valence-corrected chi connectivity index (χ1v) is 8.43. The first-order chi connectivity index (χ1) is 10.1. The van der Waals surface area contributed by atoms with Crippen LogP contribution in [0.3, 0.4) is 0 Å². The molecule has 4 nitrogen and oxygen atoms in total. The Bertz CT molecular complexity index is 662. The number of hydrogen-bond acceptors (Lipinski definition) is 3. The second kappa shape index (κ2) is 6.10. The molecule has 3 rings (SSSR count). The number of nitrogens with zero attached hydrogens (tertiary/aromatic N) is 2. The summed E-state index contributed by atoms with van der Waals surface area (Å²) in [6.45, 7) is 2.99. The van der Waals surface area contributed by atoms with E-state index in [1.54, 1.807) is 0 Å². The summed E-state index contributed by atoms with van der Waals surface area (Å²) < 4.78 is 2.20. The van der Waals surface area contributed by atoms with E-state index in [2.05, 4.69) is 34.7 Å². The number of carboxylic acids is 1. The maximum Gasteiger partial charge on any atom is 0.313 e. The van der Waals surface area contributed by atoms with Crippen LogP contribution in [0.25, 0.3) is 11.0 Å². The van der Waals surface area contributed by atoms with Gasteiger partial charge in [-0.05, 0) is 37.0 Å². The van der Waals surface area contributed by atoms with Gasteiger partial charge in [0.05, 0.1) is 16.8 Å². The quantitative estimate of drug-likeness (QED) is 0.827. The minimum Gasteiger partial charge on any atom is -0.481 e. The third kappa shape index (κ3) is 3.23. The molecular weight excluding hydrogens is 284 g/mol. The van der Waals surface area contributed by atoms with Gasteiger partial charge in [0.2, 0.25) is 0 Å². The lowest BCUT2D eigenvalue weighted by atomic mass is 9.83. The van der Waals surface area contributed by atoms with Gasteiger partial charge in [-0.2, -0.15) is 0 Å². The molecule has 0 unspecified atom stereocenters. The summed E-state index contributed by atoms with van der Waals surface area (Å²) in [4.78, 5) is 15.4. The van der Waals surface area contributed by atoms with E-state index in [0.717, 1.165) is 28.7 Å². The number of aromatic nitrogens is 2. The van der Waals surface area contributed by atoms with Crippen LogP contribution < -0.4 is 0 Å². The van der Waals surface area contributed by atoms with Crippen molar-refractivity contribution in [3.63, 3.8) is 0 Å². The molecule has 112 valence electrons. The smallest absolute Gasteiger partial charge is 0.313 e. The zero-order valence-electron chi connectivity index (χ0n) is 12.2. The second-order valence-electron chi connectivity index (χ2n) is 5.81. The lowest BCUT2D eigenvalue weighted by molar-refractivity contribution is -0.133. The van der Waals surface area contributed by atoms with E-state index < -0.39 is 5.97 Å². The molecule has 2 aromatic rings. The van der Waals surface area contributed by atoms with E-state index in [0.29, 0.717) is 0 Å². The van der Waals surface area contributed by atoms with Crippen molar-refractivity contribution < 1.29 is 9.90 Å². The third-order valence-corrected chi connectivity index (χ3v) is 5.14. The molecule has 0 aliphatic heterocycles. The Morgan fingerprint density at radius 1 is 1.48 bits per heavy atom. The molecule has 21 heavy (non-hydrogen) atoms. The molecule has 0 spiro atoms. The SMILES string of the molecule is Cc1ccc2c(c1)nc(SCC(=O)O)n2CCC1CCC1. The zero-order chi connectivity index (χ0) is 14.8. The van der Waals surface area contributed by atoms with Crippen LogP contribution in [0.5, 0.6) is 0 Å². The fourth-order valence-electron chi connectivity index (χ4n) is 2.76. The molecule has 1 heterocycles. The van der Waals surface area contributed by atoms with Crippen molar-refractivity contribution in [1.29, 1.82) is 0 Å². The van der Waals surface area contributed by atoms with Crippen molar-refractivity contribution in [1.82, 2.24) is 9.55 Å². The highest BCUT2D eigenvalue weighted by molar-refractivity contribution is 7.99. The summed E-state index contributed by atoms with van der Waals surface area (Å²) in [5, 5.41) is 9.72. The van der Waals surface area contributed by atoms with Crippen LogP contribution in [0.4, 0.5) is 0 Å². The van der Waals surface area contributed by atoms with Crippen molar-refractivity contribution in [3.8, 4) is 0 Å². The Kier molecular flexibility index (Phi) is 4.19. The number of aryl methyl sites for hydroxylation is 2. The van der Waals surface area contributed by atoms with Crippen molar-refractivity contribution in [2.45, 2.75) is 44.3 Å². The molecule has 0 amide bonds. The molecule has 1 aromatic carbocycles. The number of benzene rings is 1. The highest BCUT2D eigenvalue weighted by Gasteiger charge is 2.19. The van der Waals surface area contributed by atoms with E-state index in [9.17, 15) is 4.79 Å². The van der Waals surface area contributed by atoms with Crippen LogP contribution in [-0.2, 0) is 11.3 Å². The summed E-state index contributed by atoms with van der Waals surface area (Å²) >= 11 is 1.32. The number of carbonyl (C=O) groups is 1. The number of fused-ring (bicyclic) bond motifs is 1. The highest BCUT2D eigenvalue weighted by atomic mass is 32.2. The summed E-state index contributed by atoms with van der Waals surface area (Å²) in [6.07, 6.45) is 5.20. The summed E-state index contributed by atoms with van der Waals surface area (Å²) in [5.41, 5.74) is 3.27. The van der Waals surface area contributed by atoms with E-state index in [1.807, 2.05) is 0 Å². The fourth-order valence-corrected chi connectivity index (χ4v) is 3.52. The summed E-state index contributed by atoms with van der Waals surface area (Å²) in [7, 11) is 0. The Labute approximate surface area is 128 Å². The average molecular weight is 304 g/mol. The fraction of sp³-hybridized carbons (Fsp3) is 0.500. The monoisotopic (exact) mass is 304 g/mol. The van der Waals surface area contributed by atoms with Crippen molar-refractivity contribution >= 4 is 28.8 Å². The van der Waals surface area contributed by atoms with Crippen LogP contribution >= 0.6 is 11.8 Å². The Morgan fingerprint density at radius 2 is 2.29 bits per heavy atom. The van der Waals surface area contributed by atoms with Crippen LogP contribution in [0.2, 0.25) is 0 Å². The largest absolute Gasteiger partial charge is 0.481 e. The lowest BCUT2D eigenvalue weighted by Gasteiger charge is -2.25. The Balaban J connectivity index is 1.87. The van der Waals surface area contributed by atoms with Gasteiger partial charge in [-0.3, -0.25) is 4.79 Å². The van der Waals surface area contributed by atoms with Gasteiger partial charge in [0, 0.05) is 6.54 Å². The third-order valence-electron chi connectivity index (χ3n) is 4.18. The van der Waals surface area contributed by atoms with Gasteiger partial charge >= 0.3 is 5.97 Å². The van der Waals surface area contributed by atoms with E-state index in [-0.39, 0.29) is 5.75 Å². The molecule has 0 bridgehead atoms. The first-order valence-electron chi connectivity index (χ1n) is 7.45. The maximum absolute atomic E-state index is 10.8. The van der Waals surface area contributed by atoms with Gasteiger partial charge in [0.25, 0.3) is 0 Å². The molecule has 0 saturated heterocycles. The second-order valence-corrected chi connectivity index (χ2v) is 6.75. The summed E-state index contributed by atoms with van der Waals surface area (Å²) in [6, 6.07) is 6.26. The molecule has 1 fully saturated rings. The Morgan fingerprint density at radius 3 is 2.95 bits per heavy atom. The average Bonchev–Trinajstić information content (AvgIpc) is 2.72. The normalized spacial score (nSPS) is 15.3. The van der Waals surface area contributed by atoms with Crippen LogP contribution in [0.1, 0.15) is 31.2 Å². The molecule has 1 saturated carbocycles. The molecule has 0 atom stereocenters.